The van der Waals surface area contributed by atoms with Gasteiger partial charge in [-0.15, -0.1) is 0 Å². The van der Waals surface area contributed by atoms with E-state index in [-0.39, 0.29) is 17.7 Å². The van der Waals surface area contributed by atoms with Crippen LogP contribution < -0.4 is 9.47 Å². The Labute approximate surface area is 122 Å². The van der Waals surface area contributed by atoms with Crippen LogP contribution in [0.15, 0.2) is 36.4 Å². The van der Waals surface area contributed by atoms with Crippen LogP contribution in [0.2, 0.25) is 0 Å². The fourth-order valence-corrected chi connectivity index (χ4v) is 1.87. The first-order valence-electron chi connectivity index (χ1n) is 6.12. The third-order valence-electron chi connectivity index (χ3n) is 2.92. The number of nitriles is 2. The molecule has 2 rings (SSSR count). The van der Waals surface area contributed by atoms with Gasteiger partial charge >= 0.3 is 0 Å². The summed E-state index contributed by atoms with van der Waals surface area (Å²) in [6.45, 7) is -0.142. The van der Waals surface area contributed by atoms with E-state index in [0.717, 1.165) is 0 Å². The molecule has 0 spiro atoms. The van der Waals surface area contributed by atoms with Gasteiger partial charge in [-0.3, -0.25) is 0 Å². The molecular formula is C16H12N2O3. The molecule has 2 aromatic rings. The van der Waals surface area contributed by atoms with Gasteiger partial charge in [-0.2, -0.15) is 10.5 Å². The second-order valence-electron chi connectivity index (χ2n) is 4.14. The zero-order valence-electron chi connectivity index (χ0n) is 11.3. The number of aliphatic hydroxyl groups excluding tert-OH is 1. The van der Waals surface area contributed by atoms with Crippen molar-refractivity contribution in [2.75, 3.05) is 7.11 Å². The van der Waals surface area contributed by atoms with Crippen LogP contribution in [-0.2, 0) is 6.61 Å². The van der Waals surface area contributed by atoms with Gasteiger partial charge in [0.05, 0.1) is 19.3 Å². The van der Waals surface area contributed by atoms with Crippen molar-refractivity contribution in [2.24, 2.45) is 0 Å². The summed E-state index contributed by atoms with van der Waals surface area (Å²) in [4.78, 5) is 0. The Bertz CT molecular complexity index is 742. The molecule has 0 aliphatic rings. The Balaban J connectivity index is 2.40. The van der Waals surface area contributed by atoms with E-state index in [9.17, 15) is 5.11 Å². The number of ether oxygens (including phenoxy) is 2. The lowest BCUT2D eigenvalue weighted by atomic mass is 10.1. The zero-order chi connectivity index (χ0) is 15.2. The lowest BCUT2D eigenvalue weighted by Crippen LogP contribution is -1.95. The van der Waals surface area contributed by atoms with Gasteiger partial charge in [0.25, 0.3) is 0 Å². The normalized spacial score (nSPS) is 9.52. The van der Waals surface area contributed by atoms with Gasteiger partial charge in [-0.25, -0.2) is 0 Å². The topological polar surface area (TPSA) is 86.3 Å². The largest absolute Gasteiger partial charge is 0.496 e. The van der Waals surface area contributed by atoms with Crippen LogP contribution in [0.25, 0.3) is 0 Å². The minimum atomic E-state index is -0.142. The van der Waals surface area contributed by atoms with Gasteiger partial charge in [0.15, 0.2) is 0 Å². The summed E-state index contributed by atoms with van der Waals surface area (Å²) in [6, 6.07) is 13.7. The average Bonchev–Trinajstić information content (AvgIpc) is 2.54. The van der Waals surface area contributed by atoms with Crippen molar-refractivity contribution in [1.82, 2.24) is 0 Å². The maximum atomic E-state index is 9.18. The fourth-order valence-electron chi connectivity index (χ4n) is 1.87. The molecular weight excluding hydrogens is 268 g/mol. The van der Waals surface area contributed by atoms with Crippen molar-refractivity contribution >= 4 is 0 Å². The first kappa shape index (κ1) is 14.4. The first-order chi connectivity index (χ1) is 10.2. The summed E-state index contributed by atoms with van der Waals surface area (Å²) in [5.41, 5.74) is 1.08. The van der Waals surface area contributed by atoms with E-state index in [1.807, 2.05) is 12.1 Å². The summed E-state index contributed by atoms with van der Waals surface area (Å²) in [5, 5.41) is 27.3. The summed E-state index contributed by atoms with van der Waals surface area (Å²) < 4.78 is 10.8. The molecule has 0 atom stereocenters. The summed E-state index contributed by atoms with van der Waals surface area (Å²) >= 11 is 0. The molecule has 0 saturated carbocycles. The van der Waals surface area contributed by atoms with Crippen LogP contribution >= 0.6 is 0 Å². The molecule has 0 radical (unpaired) electrons. The van der Waals surface area contributed by atoms with Crippen molar-refractivity contribution in [1.29, 1.82) is 10.5 Å². The van der Waals surface area contributed by atoms with Crippen LogP contribution in [0.1, 0.15) is 16.7 Å². The molecule has 104 valence electrons. The number of rotatable bonds is 4. The molecule has 0 aliphatic heterocycles. The van der Waals surface area contributed by atoms with E-state index in [4.69, 9.17) is 20.0 Å². The number of aliphatic hydroxyl groups is 1. The molecule has 1 N–H and O–H groups in total. The number of benzene rings is 2. The highest BCUT2D eigenvalue weighted by Gasteiger charge is 2.11. The zero-order valence-corrected chi connectivity index (χ0v) is 11.3. The Morgan fingerprint density at radius 2 is 1.90 bits per heavy atom. The molecule has 2 aromatic carbocycles. The molecule has 5 heteroatoms. The van der Waals surface area contributed by atoms with Crippen molar-refractivity contribution in [2.45, 2.75) is 6.61 Å². The lowest BCUT2D eigenvalue weighted by molar-refractivity contribution is 0.273. The van der Waals surface area contributed by atoms with E-state index >= 15 is 0 Å². The van der Waals surface area contributed by atoms with Gasteiger partial charge in [0.1, 0.15) is 35.0 Å². The van der Waals surface area contributed by atoms with E-state index in [0.29, 0.717) is 22.8 Å². The minimum absolute atomic E-state index is 0.142. The average molecular weight is 280 g/mol. The van der Waals surface area contributed by atoms with E-state index in [2.05, 4.69) is 0 Å². The van der Waals surface area contributed by atoms with Crippen LogP contribution in [0.5, 0.6) is 17.2 Å². The number of hydrogen-bond acceptors (Lipinski definition) is 5. The summed E-state index contributed by atoms with van der Waals surface area (Å²) in [7, 11) is 1.50. The van der Waals surface area contributed by atoms with Gasteiger partial charge in [-0.05, 0) is 24.3 Å². The lowest BCUT2D eigenvalue weighted by Gasteiger charge is -2.11. The third-order valence-corrected chi connectivity index (χ3v) is 2.92. The predicted octanol–water partition coefficient (Wildman–Crippen LogP) is 2.72. The number of hydrogen-bond donors (Lipinski definition) is 1. The van der Waals surface area contributed by atoms with Crippen molar-refractivity contribution < 1.29 is 14.6 Å². The minimum Gasteiger partial charge on any atom is -0.496 e. The Morgan fingerprint density at radius 1 is 1.10 bits per heavy atom. The smallest absolute Gasteiger partial charge is 0.146 e. The van der Waals surface area contributed by atoms with E-state index in [1.54, 1.807) is 36.4 Å². The highest BCUT2D eigenvalue weighted by Crippen LogP contribution is 2.31. The van der Waals surface area contributed by atoms with Gasteiger partial charge in [0.2, 0.25) is 0 Å². The maximum Gasteiger partial charge on any atom is 0.146 e. The van der Waals surface area contributed by atoms with Crippen LogP contribution in [0, 0.1) is 22.7 Å². The SMILES string of the molecule is COc1cc(Oc2cccc(C#N)c2C#N)ccc1CO. The molecule has 21 heavy (non-hydrogen) atoms. The quantitative estimate of drug-likeness (QED) is 0.930. The Hall–Kier alpha value is -3.02. The molecule has 0 unspecified atom stereocenters. The van der Waals surface area contributed by atoms with Crippen molar-refractivity contribution in [3.8, 4) is 29.4 Å². The summed E-state index contributed by atoms with van der Waals surface area (Å²) in [5.74, 6) is 1.25. The second-order valence-corrected chi connectivity index (χ2v) is 4.14. The third kappa shape index (κ3) is 2.94. The monoisotopic (exact) mass is 280 g/mol. The van der Waals surface area contributed by atoms with Crippen LogP contribution in [0.4, 0.5) is 0 Å². The van der Waals surface area contributed by atoms with Crippen LogP contribution in [-0.4, -0.2) is 12.2 Å². The summed E-state index contributed by atoms with van der Waals surface area (Å²) in [6.07, 6.45) is 0. The number of methoxy groups -OCH3 is 1. The standard InChI is InChI=1S/C16H12N2O3/c1-20-16-7-13(6-5-12(16)10-19)21-15-4-2-3-11(8-17)14(15)9-18/h2-7,19H,10H2,1H3. The Morgan fingerprint density at radius 3 is 2.52 bits per heavy atom. The second kappa shape index (κ2) is 6.42. The maximum absolute atomic E-state index is 9.18. The Kier molecular flexibility index (Phi) is 4.40. The van der Waals surface area contributed by atoms with E-state index in [1.165, 1.54) is 7.11 Å². The first-order valence-corrected chi connectivity index (χ1v) is 6.12. The number of nitrogens with zero attached hydrogens (tertiary/aromatic N) is 2. The molecule has 5 nitrogen and oxygen atoms in total. The molecule has 0 bridgehead atoms. The van der Waals surface area contributed by atoms with Crippen molar-refractivity contribution in [3.63, 3.8) is 0 Å². The fraction of sp³-hybridized carbons (Fsp3) is 0.125. The highest BCUT2D eigenvalue weighted by atomic mass is 16.5. The highest BCUT2D eigenvalue weighted by molar-refractivity contribution is 5.55. The van der Waals surface area contributed by atoms with Crippen molar-refractivity contribution in [3.05, 3.63) is 53.1 Å². The molecule has 0 fully saturated rings. The van der Waals surface area contributed by atoms with Gasteiger partial charge < -0.3 is 14.6 Å². The molecule has 0 aromatic heterocycles. The molecule has 0 heterocycles. The molecule has 0 aliphatic carbocycles. The molecule has 0 amide bonds. The van der Waals surface area contributed by atoms with Gasteiger partial charge in [-0.1, -0.05) is 6.07 Å². The predicted molar refractivity (Wildman–Crippen MR) is 74.9 cm³/mol. The van der Waals surface area contributed by atoms with Gasteiger partial charge in [0, 0.05) is 11.6 Å². The van der Waals surface area contributed by atoms with E-state index < -0.39 is 0 Å². The van der Waals surface area contributed by atoms with Crippen LogP contribution in [0.3, 0.4) is 0 Å². The molecule has 0 saturated heterocycles.